The first-order valence-corrected chi connectivity index (χ1v) is 6.89. The zero-order valence-electron chi connectivity index (χ0n) is 11.2. The summed E-state index contributed by atoms with van der Waals surface area (Å²) >= 11 is 5.85. The highest BCUT2D eigenvalue weighted by atomic mass is 35.5. The summed E-state index contributed by atoms with van der Waals surface area (Å²) in [5.41, 5.74) is 1.39. The second-order valence-electron chi connectivity index (χ2n) is 4.81. The first kappa shape index (κ1) is 14.8. The van der Waals surface area contributed by atoms with Gasteiger partial charge >= 0.3 is 0 Å². The van der Waals surface area contributed by atoms with E-state index in [0.29, 0.717) is 0 Å². The highest BCUT2D eigenvalue weighted by Gasteiger charge is 2.12. The van der Waals surface area contributed by atoms with E-state index in [1.165, 1.54) is 5.56 Å². The van der Waals surface area contributed by atoms with Gasteiger partial charge in [0.1, 0.15) is 5.82 Å². The Bertz CT molecular complexity index is 549. The molecule has 0 aliphatic rings. The van der Waals surface area contributed by atoms with Gasteiger partial charge < -0.3 is 5.32 Å². The molecule has 0 amide bonds. The standard InChI is InChI=1S/C16H16ClF2N/c1-11(7-8-12-5-3-2-4-6-12)20-16-14(17)9-13(18)10-15(16)19/h2-6,9-11,20H,7-8H2,1H3. The first-order chi connectivity index (χ1) is 9.56. The van der Waals surface area contributed by atoms with Gasteiger partial charge in [-0.05, 0) is 31.4 Å². The van der Waals surface area contributed by atoms with E-state index >= 15 is 0 Å². The SMILES string of the molecule is CC(CCc1ccccc1)Nc1c(F)cc(F)cc1Cl. The van der Waals surface area contributed by atoms with E-state index in [0.717, 1.165) is 25.0 Å². The molecule has 0 aliphatic heterocycles. The molecule has 0 saturated carbocycles. The fraction of sp³-hybridized carbons (Fsp3) is 0.250. The molecule has 0 spiro atoms. The third-order valence-corrected chi connectivity index (χ3v) is 3.40. The fourth-order valence-electron chi connectivity index (χ4n) is 2.03. The summed E-state index contributed by atoms with van der Waals surface area (Å²) in [4.78, 5) is 0. The van der Waals surface area contributed by atoms with Gasteiger partial charge in [0.25, 0.3) is 0 Å². The molecule has 0 saturated heterocycles. The zero-order valence-corrected chi connectivity index (χ0v) is 11.9. The van der Waals surface area contributed by atoms with Crippen LogP contribution in [0.3, 0.4) is 0 Å². The summed E-state index contributed by atoms with van der Waals surface area (Å²) in [6.45, 7) is 1.95. The van der Waals surface area contributed by atoms with E-state index < -0.39 is 11.6 Å². The van der Waals surface area contributed by atoms with E-state index in [9.17, 15) is 8.78 Å². The molecule has 1 nitrogen and oxygen atoms in total. The number of anilines is 1. The molecule has 2 rings (SSSR count). The number of hydrogen-bond acceptors (Lipinski definition) is 1. The highest BCUT2D eigenvalue weighted by molar-refractivity contribution is 6.33. The van der Waals surface area contributed by atoms with Crippen molar-refractivity contribution in [3.05, 3.63) is 64.7 Å². The Morgan fingerprint density at radius 3 is 2.50 bits per heavy atom. The summed E-state index contributed by atoms with van der Waals surface area (Å²) in [5.74, 6) is -1.34. The van der Waals surface area contributed by atoms with E-state index in [2.05, 4.69) is 17.4 Å². The summed E-state index contributed by atoms with van der Waals surface area (Å²) in [6, 6.07) is 12.0. The maximum atomic E-state index is 13.6. The van der Waals surface area contributed by atoms with Gasteiger partial charge in [-0.2, -0.15) is 0 Å². The molecule has 0 aliphatic carbocycles. The molecule has 4 heteroatoms. The molecular formula is C16H16ClF2N. The predicted molar refractivity (Wildman–Crippen MR) is 79.2 cm³/mol. The molecule has 0 fully saturated rings. The number of aryl methyl sites for hydroxylation is 1. The molecule has 0 heterocycles. The molecule has 2 aromatic rings. The average Bonchev–Trinajstić information content (AvgIpc) is 2.42. The molecular weight excluding hydrogens is 280 g/mol. The summed E-state index contributed by atoms with van der Waals surface area (Å²) < 4.78 is 26.6. The van der Waals surface area contributed by atoms with E-state index in [-0.39, 0.29) is 16.8 Å². The van der Waals surface area contributed by atoms with Crippen molar-refractivity contribution in [1.29, 1.82) is 0 Å². The fourth-order valence-corrected chi connectivity index (χ4v) is 2.28. The van der Waals surface area contributed by atoms with Crippen LogP contribution >= 0.6 is 11.6 Å². The Morgan fingerprint density at radius 1 is 1.15 bits per heavy atom. The summed E-state index contributed by atoms with van der Waals surface area (Å²) in [6.07, 6.45) is 1.71. The van der Waals surface area contributed by atoms with E-state index in [4.69, 9.17) is 11.6 Å². The van der Waals surface area contributed by atoms with Crippen molar-refractivity contribution < 1.29 is 8.78 Å². The lowest BCUT2D eigenvalue weighted by Gasteiger charge is -2.17. The molecule has 1 N–H and O–H groups in total. The Balaban J connectivity index is 1.96. The second kappa shape index (κ2) is 6.71. The Kier molecular flexibility index (Phi) is 4.96. The normalized spacial score (nSPS) is 12.2. The van der Waals surface area contributed by atoms with Gasteiger partial charge in [-0.25, -0.2) is 8.78 Å². The van der Waals surface area contributed by atoms with Gasteiger partial charge in [-0.15, -0.1) is 0 Å². The van der Waals surface area contributed by atoms with Crippen LogP contribution < -0.4 is 5.32 Å². The minimum absolute atomic E-state index is 0.0349. The van der Waals surface area contributed by atoms with Gasteiger partial charge in [0.05, 0.1) is 10.7 Å². The number of benzene rings is 2. The smallest absolute Gasteiger partial charge is 0.150 e. The topological polar surface area (TPSA) is 12.0 Å². The van der Waals surface area contributed by atoms with Crippen molar-refractivity contribution in [1.82, 2.24) is 0 Å². The lowest BCUT2D eigenvalue weighted by Crippen LogP contribution is -2.17. The Morgan fingerprint density at radius 2 is 1.85 bits per heavy atom. The van der Waals surface area contributed by atoms with Gasteiger partial charge in [-0.1, -0.05) is 41.9 Å². The van der Waals surface area contributed by atoms with Crippen LogP contribution in [0.2, 0.25) is 5.02 Å². The highest BCUT2D eigenvalue weighted by Crippen LogP contribution is 2.27. The second-order valence-corrected chi connectivity index (χ2v) is 5.22. The lowest BCUT2D eigenvalue weighted by molar-refractivity contribution is 0.582. The van der Waals surface area contributed by atoms with Crippen LogP contribution in [0.5, 0.6) is 0 Å². The Labute approximate surface area is 122 Å². The van der Waals surface area contributed by atoms with Crippen molar-refractivity contribution >= 4 is 17.3 Å². The third kappa shape index (κ3) is 3.94. The van der Waals surface area contributed by atoms with Crippen LogP contribution in [0, 0.1) is 11.6 Å². The van der Waals surface area contributed by atoms with Crippen molar-refractivity contribution in [2.24, 2.45) is 0 Å². The first-order valence-electron chi connectivity index (χ1n) is 6.51. The number of halogens is 3. The average molecular weight is 296 g/mol. The quantitative estimate of drug-likeness (QED) is 0.814. The van der Waals surface area contributed by atoms with Gasteiger partial charge in [0.15, 0.2) is 5.82 Å². The molecule has 0 bridgehead atoms. The minimum Gasteiger partial charge on any atom is -0.379 e. The lowest BCUT2D eigenvalue weighted by atomic mass is 10.1. The van der Waals surface area contributed by atoms with Crippen LogP contribution in [0.15, 0.2) is 42.5 Å². The van der Waals surface area contributed by atoms with Gasteiger partial charge in [0.2, 0.25) is 0 Å². The monoisotopic (exact) mass is 295 g/mol. The number of nitrogens with one attached hydrogen (secondary N) is 1. The van der Waals surface area contributed by atoms with Crippen molar-refractivity contribution in [2.75, 3.05) is 5.32 Å². The third-order valence-electron chi connectivity index (χ3n) is 3.11. The van der Waals surface area contributed by atoms with E-state index in [1.54, 1.807) is 0 Å². The van der Waals surface area contributed by atoms with Crippen LogP contribution in [0.25, 0.3) is 0 Å². The Hall–Kier alpha value is -1.61. The van der Waals surface area contributed by atoms with Crippen LogP contribution in [0.4, 0.5) is 14.5 Å². The van der Waals surface area contributed by atoms with Gasteiger partial charge in [-0.3, -0.25) is 0 Å². The van der Waals surface area contributed by atoms with Crippen molar-refractivity contribution in [3.8, 4) is 0 Å². The number of hydrogen-bond donors (Lipinski definition) is 1. The molecule has 106 valence electrons. The van der Waals surface area contributed by atoms with Crippen LogP contribution in [-0.2, 0) is 6.42 Å². The minimum atomic E-state index is -0.671. The molecule has 2 aromatic carbocycles. The summed E-state index contributed by atoms with van der Waals surface area (Å²) in [5, 5.41) is 3.07. The van der Waals surface area contributed by atoms with Crippen molar-refractivity contribution in [3.63, 3.8) is 0 Å². The van der Waals surface area contributed by atoms with Gasteiger partial charge in [0, 0.05) is 12.1 Å². The maximum absolute atomic E-state index is 13.6. The maximum Gasteiger partial charge on any atom is 0.150 e. The molecule has 1 unspecified atom stereocenters. The van der Waals surface area contributed by atoms with E-state index in [1.807, 2.05) is 25.1 Å². The largest absolute Gasteiger partial charge is 0.379 e. The zero-order chi connectivity index (χ0) is 14.5. The molecule has 20 heavy (non-hydrogen) atoms. The van der Waals surface area contributed by atoms with Crippen LogP contribution in [0.1, 0.15) is 18.9 Å². The summed E-state index contributed by atoms with van der Waals surface area (Å²) in [7, 11) is 0. The molecule has 0 aromatic heterocycles. The van der Waals surface area contributed by atoms with Crippen LogP contribution in [-0.4, -0.2) is 6.04 Å². The van der Waals surface area contributed by atoms with Crippen molar-refractivity contribution in [2.45, 2.75) is 25.8 Å². The molecule has 0 radical (unpaired) electrons. The molecule has 1 atom stereocenters. The predicted octanol–water partition coefficient (Wildman–Crippen LogP) is 5.05. The number of rotatable bonds is 5.